The van der Waals surface area contributed by atoms with Crippen molar-refractivity contribution in [3.8, 4) is 22.6 Å². The van der Waals surface area contributed by atoms with Gasteiger partial charge in [0.15, 0.2) is 23.1 Å². The highest BCUT2D eigenvalue weighted by molar-refractivity contribution is 5.91. The third-order valence-corrected chi connectivity index (χ3v) is 8.06. The van der Waals surface area contributed by atoms with Crippen LogP contribution in [-0.4, -0.2) is 66.4 Å². The van der Waals surface area contributed by atoms with Crippen molar-refractivity contribution in [2.24, 2.45) is 0 Å². The Morgan fingerprint density at radius 3 is 2.46 bits per heavy atom. The highest BCUT2D eigenvalue weighted by Gasteiger charge is 2.51. The van der Waals surface area contributed by atoms with Crippen LogP contribution in [0.4, 0.5) is 32.2 Å². The van der Waals surface area contributed by atoms with E-state index in [0.29, 0.717) is 53.2 Å². The summed E-state index contributed by atoms with van der Waals surface area (Å²) in [4.78, 5) is 18.9. The number of alkyl halides is 5. The third-order valence-electron chi connectivity index (χ3n) is 8.06. The molecule has 2 aromatic carbocycles. The van der Waals surface area contributed by atoms with Crippen LogP contribution in [0.5, 0.6) is 11.5 Å². The van der Waals surface area contributed by atoms with Crippen LogP contribution in [-0.2, 0) is 16.6 Å². The molecule has 0 radical (unpaired) electrons. The number of benzene rings is 2. The van der Waals surface area contributed by atoms with Crippen molar-refractivity contribution >= 4 is 22.6 Å². The van der Waals surface area contributed by atoms with E-state index in [9.17, 15) is 26.7 Å². The minimum atomic E-state index is -4.60. The Balaban J connectivity index is 1.25. The van der Waals surface area contributed by atoms with E-state index in [-0.39, 0.29) is 30.8 Å². The Kier molecular flexibility index (Phi) is 9.21. The molecular weight excluding hydrogens is 618 g/mol. The fourth-order valence-corrected chi connectivity index (χ4v) is 4.95. The van der Waals surface area contributed by atoms with E-state index in [0.717, 1.165) is 19.9 Å². The minimum absolute atomic E-state index is 0.0622. The number of hydrogen-bond donors (Lipinski definition) is 1. The zero-order chi connectivity index (χ0) is 33.3. The van der Waals surface area contributed by atoms with E-state index >= 15 is 4.39 Å². The van der Waals surface area contributed by atoms with E-state index in [4.69, 9.17) is 14.0 Å². The lowest BCUT2D eigenvalue weighted by molar-refractivity contribution is -0.185. The molecule has 4 aromatic rings. The number of rotatable bonds is 10. The maximum atomic E-state index is 15.1. The predicted molar refractivity (Wildman–Crippen MR) is 158 cm³/mol. The molecule has 1 fully saturated rings. The molecule has 14 heteroatoms. The molecule has 2 aromatic heterocycles. The largest absolute Gasteiger partial charge is 0.493 e. The Morgan fingerprint density at radius 2 is 1.78 bits per heavy atom. The predicted octanol–water partition coefficient (Wildman–Crippen LogP) is 7.17. The highest BCUT2D eigenvalue weighted by atomic mass is 19.4. The van der Waals surface area contributed by atoms with Crippen LogP contribution >= 0.6 is 0 Å². The maximum Gasteiger partial charge on any atom is 0.401 e. The summed E-state index contributed by atoms with van der Waals surface area (Å²) in [5.41, 5.74) is -0.565. The topological polar surface area (TPSA) is 89.7 Å². The second-order valence-electron chi connectivity index (χ2n) is 11.7. The zero-order valence-electron chi connectivity index (χ0n) is 25.3. The average Bonchev–Trinajstić information content (AvgIpc) is 3.47. The molecule has 0 spiro atoms. The van der Waals surface area contributed by atoms with Crippen LogP contribution in [0, 0.1) is 5.82 Å². The second-order valence-corrected chi connectivity index (χ2v) is 11.7. The van der Waals surface area contributed by atoms with Crippen molar-refractivity contribution in [1.82, 2.24) is 15.0 Å². The first kappa shape index (κ1) is 33.0. The van der Waals surface area contributed by atoms with Crippen molar-refractivity contribution in [3.63, 3.8) is 0 Å². The van der Waals surface area contributed by atoms with Gasteiger partial charge < -0.3 is 19.3 Å². The average molecular weight is 651 g/mol. The van der Waals surface area contributed by atoms with E-state index in [2.05, 4.69) is 15.5 Å². The molecule has 0 aliphatic carbocycles. The molecule has 0 bridgehead atoms. The molecule has 1 saturated heterocycles. The van der Waals surface area contributed by atoms with Crippen molar-refractivity contribution in [1.29, 1.82) is 0 Å². The van der Waals surface area contributed by atoms with Gasteiger partial charge in [-0.25, -0.2) is 13.2 Å². The second kappa shape index (κ2) is 12.8. The Bertz CT molecular complexity index is 1710. The smallest absolute Gasteiger partial charge is 0.401 e. The summed E-state index contributed by atoms with van der Waals surface area (Å²) in [6.07, 6.45) is -3.77. The Labute approximate surface area is 260 Å². The maximum absolute atomic E-state index is 15.1. The molecule has 3 heterocycles. The van der Waals surface area contributed by atoms with Gasteiger partial charge in [0.1, 0.15) is 17.8 Å². The van der Waals surface area contributed by atoms with Crippen molar-refractivity contribution < 1.29 is 45.1 Å². The third kappa shape index (κ3) is 7.38. The van der Waals surface area contributed by atoms with E-state index in [1.165, 1.54) is 19.2 Å². The standard InChI is InChI=1S/C32H32F6N4O4/c1-30(2,32(36,37)38)27-17-28(41-46-27)40-29(43)15-20-5-4-19(13-23(20)33)22-12-21-14-26(25(44-3)16-24(21)39-18-22)45-11-10-42-8-6-31(34,35)7-9-42/h4-5,12-14,16-18H,6-11,15H2,1-3H3,(H,40,41,43). The molecule has 0 unspecified atom stereocenters. The number of anilines is 1. The number of amides is 1. The summed E-state index contributed by atoms with van der Waals surface area (Å²) in [5, 5.41) is 6.51. The van der Waals surface area contributed by atoms with Crippen LogP contribution in [0.1, 0.15) is 38.0 Å². The number of nitrogens with one attached hydrogen (secondary N) is 1. The summed E-state index contributed by atoms with van der Waals surface area (Å²) in [6, 6.07) is 10.6. The van der Waals surface area contributed by atoms with Crippen LogP contribution in [0.2, 0.25) is 0 Å². The minimum Gasteiger partial charge on any atom is -0.493 e. The van der Waals surface area contributed by atoms with Crippen LogP contribution < -0.4 is 14.8 Å². The lowest BCUT2D eigenvalue weighted by Gasteiger charge is -2.31. The molecule has 46 heavy (non-hydrogen) atoms. The normalized spacial score (nSPS) is 15.6. The van der Waals surface area contributed by atoms with Gasteiger partial charge in [-0.1, -0.05) is 17.3 Å². The van der Waals surface area contributed by atoms with Gasteiger partial charge in [0.25, 0.3) is 5.92 Å². The van der Waals surface area contributed by atoms with E-state index in [1.54, 1.807) is 30.5 Å². The van der Waals surface area contributed by atoms with Crippen molar-refractivity contribution in [2.45, 2.75) is 50.6 Å². The first-order valence-corrected chi connectivity index (χ1v) is 14.5. The summed E-state index contributed by atoms with van der Waals surface area (Å²) in [5.74, 6) is -3.76. The summed E-state index contributed by atoms with van der Waals surface area (Å²) >= 11 is 0. The quantitative estimate of drug-likeness (QED) is 0.182. The number of methoxy groups -OCH3 is 1. The summed E-state index contributed by atoms with van der Waals surface area (Å²) in [6.45, 7) is 3.20. The molecule has 8 nitrogen and oxygen atoms in total. The molecule has 1 N–H and O–H groups in total. The molecule has 1 aliphatic rings. The summed E-state index contributed by atoms with van der Waals surface area (Å²) in [7, 11) is 1.50. The lowest BCUT2D eigenvalue weighted by Crippen LogP contribution is -2.41. The van der Waals surface area contributed by atoms with Gasteiger partial charge in [-0.05, 0) is 43.2 Å². The molecule has 1 amide bonds. The lowest BCUT2D eigenvalue weighted by atomic mass is 9.89. The molecular formula is C32H32F6N4O4. The fraction of sp³-hybridized carbons (Fsp3) is 0.406. The number of piperidine rings is 1. The van der Waals surface area contributed by atoms with Crippen LogP contribution in [0.15, 0.2) is 53.2 Å². The van der Waals surface area contributed by atoms with E-state index in [1.807, 2.05) is 4.90 Å². The molecule has 0 atom stereocenters. The van der Waals surface area contributed by atoms with Crippen LogP contribution in [0.3, 0.4) is 0 Å². The number of nitrogens with zero attached hydrogens (tertiary/aromatic N) is 3. The number of halogens is 6. The van der Waals surface area contributed by atoms with Gasteiger partial charge in [-0.2, -0.15) is 13.2 Å². The van der Waals surface area contributed by atoms with Gasteiger partial charge in [0.2, 0.25) is 5.91 Å². The zero-order valence-corrected chi connectivity index (χ0v) is 25.3. The molecule has 246 valence electrons. The Morgan fingerprint density at radius 1 is 1.04 bits per heavy atom. The molecule has 0 saturated carbocycles. The molecule has 5 rings (SSSR count). The van der Waals surface area contributed by atoms with Gasteiger partial charge in [-0.3, -0.25) is 14.7 Å². The van der Waals surface area contributed by atoms with Crippen molar-refractivity contribution in [3.05, 3.63) is 65.8 Å². The summed E-state index contributed by atoms with van der Waals surface area (Å²) < 4.78 is 98.0. The van der Waals surface area contributed by atoms with E-state index < -0.39 is 41.4 Å². The SMILES string of the molecule is COc1cc2ncc(-c3ccc(CC(=O)Nc4cc(C(C)(C)C(F)(F)F)on4)c(F)c3)cc2cc1OCCN1CCC(F)(F)CC1. The van der Waals surface area contributed by atoms with Gasteiger partial charge in [0, 0.05) is 61.8 Å². The number of aromatic nitrogens is 2. The fourth-order valence-electron chi connectivity index (χ4n) is 4.95. The highest BCUT2D eigenvalue weighted by Crippen LogP contribution is 2.41. The van der Waals surface area contributed by atoms with Gasteiger partial charge in [0.05, 0.1) is 19.0 Å². The first-order valence-electron chi connectivity index (χ1n) is 14.5. The number of likely N-dealkylation sites (tertiary alicyclic amines) is 1. The van der Waals surface area contributed by atoms with Gasteiger partial charge >= 0.3 is 6.18 Å². The number of fused-ring (bicyclic) bond motifs is 1. The van der Waals surface area contributed by atoms with Crippen molar-refractivity contribution in [2.75, 3.05) is 38.7 Å². The van der Waals surface area contributed by atoms with Crippen LogP contribution in [0.25, 0.3) is 22.0 Å². The number of carbonyl (C=O) groups is 1. The number of hydrogen-bond acceptors (Lipinski definition) is 7. The number of ether oxygens (including phenoxy) is 2. The number of carbonyl (C=O) groups excluding carboxylic acids is 1. The molecule has 1 aliphatic heterocycles. The monoisotopic (exact) mass is 650 g/mol. The Hall–Kier alpha value is -4.33. The first-order chi connectivity index (χ1) is 21.6. The van der Waals surface area contributed by atoms with Gasteiger partial charge in [-0.15, -0.1) is 0 Å². The number of pyridine rings is 1.